The zero-order valence-electron chi connectivity index (χ0n) is 11.4. The topological polar surface area (TPSA) is 12.0 Å². The molecule has 0 bridgehead atoms. The number of hydrogen-bond acceptors (Lipinski definition) is 1. The summed E-state index contributed by atoms with van der Waals surface area (Å²) in [5.41, 5.74) is 0.174. The summed E-state index contributed by atoms with van der Waals surface area (Å²) in [6.07, 6.45) is -4.65. The van der Waals surface area contributed by atoms with E-state index in [1.54, 1.807) is 13.8 Å². The minimum Gasteiger partial charge on any atom is -0.308 e. The summed E-state index contributed by atoms with van der Waals surface area (Å²) in [6, 6.07) is 2.48. The first kappa shape index (κ1) is 16.9. The first-order valence-corrected chi connectivity index (χ1v) is 6.47. The van der Waals surface area contributed by atoms with Crippen molar-refractivity contribution >= 4 is 0 Å². The van der Waals surface area contributed by atoms with Gasteiger partial charge in [-0.2, -0.15) is 13.2 Å². The molecule has 0 saturated carbocycles. The second-order valence-corrected chi connectivity index (χ2v) is 4.96. The van der Waals surface area contributed by atoms with E-state index in [4.69, 9.17) is 0 Å². The number of halogens is 5. The van der Waals surface area contributed by atoms with Crippen molar-refractivity contribution in [3.63, 3.8) is 0 Å². The predicted molar refractivity (Wildman–Crippen MR) is 67.3 cm³/mol. The van der Waals surface area contributed by atoms with Crippen molar-refractivity contribution < 1.29 is 22.0 Å². The van der Waals surface area contributed by atoms with Gasteiger partial charge >= 0.3 is 6.18 Å². The molecular formula is C14H18F5N. The van der Waals surface area contributed by atoms with Crippen LogP contribution < -0.4 is 5.32 Å². The van der Waals surface area contributed by atoms with Gasteiger partial charge in [0.25, 0.3) is 0 Å². The summed E-state index contributed by atoms with van der Waals surface area (Å²) in [4.78, 5) is 0. The third-order valence-corrected chi connectivity index (χ3v) is 3.06. The van der Waals surface area contributed by atoms with Gasteiger partial charge in [0.2, 0.25) is 0 Å². The monoisotopic (exact) mass is 295 g/mol. The zero-order valence-corrected chi connectivity index (χ0v) is 11.4. The van der Waals surface area contributed by atoms with Crippen LogP contribution in [0.4, 0.5) is 22.0 Å². The minimum atomic E-state index is -4.15. The lowest BCUT2D eigenvalue weighted by molar-refractivity contribution is -0.135. The van der Waals surface area contributed by atoms with Gasteiger partial charge in [-0.3, -0.25) is 0 Å². The fraction of sp³-hybridized carbons (Fsp3) is 0.571. The van der Waals surface area contributed by atoms with Crippen molar-refractivity contribution in [3.8, 4) is 0 Å². The Balaban J connectivity index is 2.49. The normalized spacial score (nSPS) is 15.2. The van der Waals surface area contributed by atoms with E-state index in [0.717, 1.165) is 18.2 Å². The highest BCUT2D eigenvalue weighted by atomic mass is 19.4. The van der Waals surface area contributed by atoms with Crippen LogP contribution in [-0.4, -0.2) is 12.2 Å². The van der Waals surface area contributed by atoms with E-state index in [1.165, 1.54) is 0 Å². The molecule has 0 amide bonds. The van der Waals surface area contributed by atoms with Crippen molar-refractivity contribution in [1.82, 2.24) is 5.32 Å². The molecule has 0 aliphatic rings. The molecule has 0 aliphatic heterocycles. The van der Waals surface area contributed by atoms with Gasteiger partial charge in [0, 0.05) is 24.1 Å². The van der Waals surface area contributed by atoms with Crippen LogP contribution in [0, 0.1) is 11.6 Å². The van der Waals surface area contributed by atoms with Crippen molar-refractivity contribution in [2.24, 2.45) is 0 Å². The quantitative estimate of drug-likeness (QED) is 0.748. The molecule has 0 saturated heterocycles. The molecule has 1 rings (SSSR count). The molecule has 1 nitrogen and oxygen atoms in total. The molecule has 0 fully saturated rings. The largest absolute Gasteiger partial charge is 0.389 e. The number of rotatable bonds is 6. The third-order valence-electron chi connectivity index (χ3n) is 3.06. The van der Waals surface area contributed by atoms with Gasteiger partial charge in [-0.25, -0.2) is 8.78 Å². The smallest absolute Gasteiger partial charge is 0.308 e. The molecule has 1 aromatic carbocycles. The summed E-state index contributed by atoms with van der Waals surface area (Å²) in [5, 5.41) is 2.98. The molecule has 0 spiro atoms. The molecule has 114 valence electrons. The van der Waals surface area contributed by atoms with Crippen LogP contribution >= 0.6 is 0 Å². The Bertz CT molecular complexity index is 430. The predicted octanol–water partition coefficient (Wildman–Crippen LogP) is 4.74. The molecule has 0 aromatic heterocycles. The third kappa shape index (κ3) is 5.86. The summed E-state index contributed by atoms with van der Waals surface area (Å²) < 4.78 is 62.6. The lowest BCUT2D eigenvalue weighted by Gasteiger charge is -2.21. The van der Waals surface area contributed by atoms with Gasteiger partial charge in [-0.15, -0.1) is 0 Å². The van der Waals surface area contributed by atoms with Gasteiger partial charge in [0.1, 0.15) is 11.6 Å². The van der Waals surface area contributed by atoms with Crippen molar-refractivity contribution in [2.75, 3.05) is 0 Å². The molecule has 2 atom stereocenters. The number of benzene rings is 1. The number of nitrogens with one attached hydrogen (secondary N) is 1. The van der Waals surface area contributed by atoms with E-state index >= 15 is 0 Å². The highest BCUT2D eigenvalue weighted by molar-refractivity contribution is 5.21. The van der Waals surface area contributed by atoms with Gasteiger partial charge in [0.15, 0.2) is 0 Å². The van der Waals surface area contributed by atoms with Gasteiger partial charge in [0.05, 0.1) is 0 Å². The lowest BCUT2D eigenvalue weighted by Crippen LogP contribution is -2.29. The van der Waals surface area contributed by atoms with E-state index in [9.17, 15) is 22.0 Å². The summed E-state index contributed by atoms with van der Waals surface area (Å²) in [7, 11) is 0. The number of hydrogen-bond donors (Lipinski definition) is 1. The van der Waals surface area contributed by atoms with Crippen LogP contribution in [0.3, 0.4) is 0 Å². The van der Waals surface area contributed by atoms with E-state index in [1.807, 2.05) is 0 Å². The van der Waals surface area contributed by atoms with Crippen molar-refractivity contribution in [1.29, 1.82) is 0 Å². The average Bonchev–Trinajstić information content (AvgIpc) is 2.30. The standard InChI is InChI=1S/C14H18F5N/c1-9(4-3-7-14(17,18)19)20-10(2)12-8-11(15)5-6-13(12)16/h5-6,8-10,20H,3-4,7H2,1-2H3. The van der Waals surface area contributed by atoms with E-state index in [-0.39, 0.29) is 18.0 Å². The van der Waals surface area contributed by atoms with Gasteiger partial charge < -0.3 is 5.32 Å². The Morgan fingerprint density at radius 2 is 1.80 bits per heavy atom. The SMILES string of the molecule is CC(CCCC(F)(F)F)NC(C)c1cc(F)ccc1F. The Kier molecular flexibility index (Phi) is 5.92. The molecule has 1 N–H and O–H groups in total. The number of alkyl halides is 3. The van der Waals surface area contributed by atoms with Crippen LogP contribution in [0.2, 0.25) is 0 Å². The van der Waals surface area contributed by atoms with Crippen LogP contribution in [-0.2, 0) is 0 Å². The molecule has 0 aliphatic carbocycles. The van der Waals surface area contributed by atoms with E-state index < -0.39 is 30.3 Å². The highest BCUT2D eigenvalue weighted by Gasteiger charge is 2.26. The fourth-order valence-corrected chi connectivity index (χ4v) is 2.06. The van der Waals surface area contributed by atoms with Crippen LogP contribution in [0.1, 0.15) is 44.7 Å². The Labute approximate surface area is 115 Å². The fourth-order valence-electron chi connectivity index (χ4n) is 2.06. The van der Waals surface area contributed by atoms with Crippen LogP contribution in [0.25, 0.3) is 0 Å². The lowest BCUT2D eigenvalue weighted by atomic mass is 10.0. The van der Waals surface area contributed by atoms with Crippen LogP contribution in [0.15, 0.2) is 18.2 Å². The Hall–Kier alpha value is -1.17. The second-order valence-electron chi connectivity index (χ2n) is 4.96. The summed E-state index contributed by atoms with van der Waals surface area (Å²) in [6.45, 7) is 3.38. The first-order valence-electron chi connectivity index (χ1n) is 6.47. The van der Waals surface area contributed by atoms with Gasteiger partial charge in [-0.1, -0.05) is 0 Å². The van der Waals surface area contributed by atoms with E-state index in [2.05, 4.69) is 5.32 Å². The maximum absolute atomic E-state index is 13.5. The minimum absolute atomic E-state index is 0.00994. The Morgan fingerprint density at radius 1 is 1.15 bits per heavy atom. The highest BCUT2D eigenvalue weighted by Crippen LogP contribution is 2.23. The molecule has 6 heteroatoms. The van der Waals surface area contributed by atoms with Crippen LogP contribution in [0.5, 0.6) is 0 Å². The van der Waals surface area contributed by atoms with Crippen molar-refractivity contribution in [2.45, 2.75) is 51.4 Å². The average molecular weight is 295 g/mol. The van der Waals surface area contributed by atoms with Crippen molar-refractivity contribution in [3.05, 3.63) is 35.4 Å². The zero-order chi connectivity index (χ0) is 15.3. The first-order chi connectivity index (χ1) is 9.19. The van der Waals surface area contributed by atoms with Gasteiger partial charge in [-0.05, 0) is 44.9 Å². The molecular weight excluding hydrogens is 277 g/mol. The molecule has 20 heavy (non-hydrogen) atoms. The molecule has 0 heterocycles. The Morgan fingerprint density at radius 3 is 2.40 bits per heavy atom. The van der Waals surface area contributed by atoms with E-state index in [0.29, 0.717) is 6.42 Å². The molecule has 0 radical (unpaired) electrons. The molecule has 2 unspecified atom stereocenters. The maximum atomic E-state index is 13.5. The summed E-state index contributed by atoms with van der Waals surface area (Å²) in [5.74, 6) is -1.08. The second kappa shape index (κ2) is 7.02. The maximum Gasteiger partial charge on any atom is 0.389 e. The summed E-state index contributed by atoms with van der Waals surface area (Å²) >= 11 is 0. The molecule has 1 aromatic rings.